The second kappa shape index (κ2) is 7.65. The minimum Gasteiger partial charge on any atom is -0.492 e. The first-order valence-electron chi connectivity index (χ1n) is 8.20. The van der Waals surface area contributed by atoms with Crippen molar-refractivity contribution in [3.63, 3.8) is 0 Å². The van der Waals surface area contributed by atoms with Crippen molar-refractivity contribution in [2.75, 3.05) is 13.2 Å². The van der Waals surface area contributed by atoms with Gasteiger partial charge in [0.15, 0.2) is 0 Å². The molecule has 26 heavy (non-hydrogen) atoms. The summed E-state index contributed by atoms with van der Waals surface area (Å²) in [6.07, 6.45) is 2.30. The lowest BCUT2D eigenvalue weighted by Crippen LogP contribution is -2.27. The van der Waals surface area contributed by atoms with E-state index >= 15 is 0 Å². The highest BCUT2D eigenvalue weighted by molar-refractivity contribution is 7.89. The molecule has 0 saturated carbocycles. The van der Waals surface area contributed by atoms with Gasteiger partial charge in [0, 0.05) is 11.6 Å². The molecule has 0 saturated heterocycles. The van der Waals surface area contributed by atoms with Crippen molar-refractivity contribution in [2.45, 2.75) is 24.2 Å². The number of nitrogens with one attached hydrogen (secondary N) is 1. The van der Waals surface area contributed by atoms with Gasteiger partial charge in [-0.2, -0.15) is 0 Å². The van der Waals surface area contributed by atoms with E-state index in [0.717, 1.165) is 24.0 Å². The first kappa shape index (κ1) is 18.7. The molecule has 0 spiro atoms. The maximum Gasteiger partial charge on any atom is 0.255 e. The first-order valence-corrected chi connectivity index (χ1v) is 10.1. The van der Waals surface area contributed by atoms with E-state index in [1.165, 1.54) is 12.1 Å². The molecule has 3 N–H and O–H groups in total. The zero-order chi connectivity index (χ0) is 18.7. The van der Waals surface area contributed by atoms with Gasteiger partial charge < -0.3 is 10.1 Å². The Morgan fingerprint density at radius 1 is 1.23 bits per heavy atom. The van der Waals surface area contributed by atoms with Gasteiger partial charge in [-0.15, -0.1) is 0 Å². The van der Waals surface area contributed by atoms with E-state index in [2.05, 4.69) is 5.32 Å². The number of carbonyl (C=O) groups excluding carboxylic acids is 1. The van der Waals surface area contributed by atoms with Gasteiger partial charge in [0.1, 0.15) is 5.75 Å². The Hall–Kier alpha value is -2.09. The van der Waals surface area contributed by atoms with Crippen LogP contribution in [0.2, 0.25) is 5.02 Å². The van der Waals surface area contributed by atoms with Crippen LogP contribution < -0.4 is 15.2 Å². The van der Waals surface area contributed by atoms with Crippen LogP contribution in [0.15, 0.2) is 41.3 Å². The second-order valence-corrected chi connectivity index (χ2v) is 8.09. The van der Waals surface area contributed by atoms with Crippen LogP contribution in [-0.2, 0) is 22.9 Å². The minimum absolute atomic E-state index is 0.0630. The number of sulfonamides is 1. The summed E-state index contributed by atoms with van der Waals surface area (Å²) >= 11 is 6.11. The Labute approximate surface area is 157 Å². The molecule has 8 heteroatoms. The van der Waals surface area contributed by atoms with E-state index in [-0.39, 0.29) is 10.8 Å². The van der Waals surface area contributed by atoms with Crippen LogP contribution in [0.25, 0.3) is 0 Å². The molecule has 2 aromatic carbocycles. The summed E-state index contributed by atoms with van der Waals surface area (Å²) in [4.78, 5) is 12.6. The average Bonchev–Trinajstić information content (AvgIpc) is 2.60. The molecule has 0 unspecified atom stereocenters. The predicted molar refractivity (Wildman–Crippen MR) is 99.1 cm³/mol. The Kier molecular flexibility index (Phi) is 5.50. The summed E-state index contributed by atoms with van der Waals surface area (Å²) in [5, 5.41) is 8.43. The lowest BCUT2D eigenvalue weighted by Gasteiger charge is -2.20. The summed E-state index contributed by atoms with van der Waals surface area (Å²) in [7, 11) is -3.70. The molecule has 0 bridgehead atoms. The molecule has 0 radical (unpaired) electrons. The normalized spacial score (nSPS) is 13.6. The van der Waals surface area contributed by atoms with Crippen LogP contribution in [0.5, 0.6) is 5.75 Å². The van der Waals surface area contributed by atoms with Gasteiger partial charge in [0.25, 0.3) is 5.91 Å². The average molecular weight is 395 g/mol. The number of halogens is 1. The highest BCUT2D eigenvalue weighted by atomic mass is 35.5. The van der Waals surface area contributed by atoms with E-state index in [9.17, 15) is 13.2 Å². The van der Waals surface area contributed by atoms with Gasteiger partial charge in [-0.05, 0) is 54.7 Å². The first-order chi connectivity index (χ1) is 12.3. The van der Waals surface area contributed by atoms with Gasteiger partial charge >= 0.3 is 0 Å². The molecular formula is C18H19ClN2O4S. The van der Waals surface area contributed by atoms with E-state index in [1.807, 2.05) is 6.07 Å². The summed E-state index contributed by atoms with van der Waals surface area (Å²) < 4.78 is 28.1. The van der Waals surface area contributed by atoms with E-state index < -0.39 is 10.0 Å². The number of nitrogens with two attached hydrogens (primary N) is 1. The highest BCUT2D eigenvalue weighted by Gasteiger charge is 2.20. The molecule has 0 atom stereocenters. The van der Waals surface area contributed by atoms with Crippen LogP contribution >= 0.6 is 11.6 Å². The predicted octanol–water partition coefficient (Wildman–Crippen LogP) is 2.28. The van der Waals surface area contributed by atoms with Crippen LogP contribution in [0.3, 0.4) is 0 Å². The standard InChI is InChI=1S/C18H19ClN2O4S/c19-14-10-13-2-1-9-25-17(13)16(11-14)18(22)21-8-7-12-3-5-15(6-4-12)26(20,23)24/h3-6,10-11H,1-2,7-9H2,(H,21,22)(H2,20,23,24). The third-order valence-corrected chi connectivity index (χ3v) is 5.31. The number of amides is 1. The third-order valence-electron chi connectivity index (χ3n) is 4.16. The van der Waals surface area contributed by atoms with Crippen molar-refractivity contribution in [1.29, 1.82) is 0 Å². The van der Waals surface area contributed by atoms with Gasteiger partial charge in [-0.3, -0.25) is 4.79 Å². The van der Waals surface area contributed by atoms with Crippen molar-refractivity contribution < 1.29 is 17.9 Å². The second-order valence-electron chi connectivity index (χ2n) is 6.09. The molecule has 0 aromatic heterocycles. The number of hydrogen-bond donors (Lipinski definition) is 2. The summed E-state index contributed by atoms with van der Waals surface area (Å²) in [6.45, 7) is 0.986. The van der Waals surface area contributed by atoms with Gasteiger partial charge in [-0.25, -0.2) is 13.6 Å². The molecule has 2 aromatic rings. The minimum atomic E-state index is -3.70. The van der Waals surface area contributed by atoms with Crippen LogP contribution in [0.1, 0.15) is 27.9 Å². The van der Waals surface area contributed by atoms with Crippen molar-refractivity contribution >= 4 is 27.5 Å². The van der Waals surface area contributed by atoms with E-state index in [4.69, 9.17) is 21.5 Å². The number of carbonyl (C=O) groups is 1. The number of fused-ring (bicyclic) bond motifs is 1. The Morgan fingerprint density at radius 3 is 2.65 bits per heavy atom. The maximum absolute atomic E-state index is 12.5. The van der Waals surface area contributed by atoms with Crippen LogP contribution in [0, 0.1) is 0 Å². The summed E-state index contributed by atoms with van der Waals surface area (Å²) in [5.74, 6) is 0.363. The number of benzene rings is 2. The van der Waals surface area contributed by atoms with Crippen LogP contribution in [0.4, 0.5) is 0 Å². The van der Waals surface area contributed by atoms with Gasteiger partial charge in [-0.1, -0.05) is 23.7 Å². The Bertz CT molecular complexity index is 927. The highest BCUT2D eigenvalue weighted by Crippen LogP contribution is 2.32. The monoisotopic (exact) mass is 394 g/mol. The zero-order valence-corrected chi connectivity index (χ0v) is 15.6. The number of rotatable bonds is 5. The molecule has 3 rings (SSSR count). The molecule has 0 fully saturated rings. The molecule has 1 aliphatic rings. The molecule has 0 aliphatic carbocycles. The van der Waals surface area contributed by atoms with Crippen LogP contribution in [-0.4, -0.2) is 27.5 Å². The maximum atomic E-state index is 12.5. The zero-order valence-electron chi connectivity index (χ0n) is 14.0. The fourth-order valence-corrected chi connectivity index (χ4v) is 3.63. The molecule has 138 valence electrons. The Balaban J connectivity index is 1.64. The fraction of sp³-hybridized carbons (Fsp3) is 0.278. The van der Waals surface area contributed by atoms with E-state index in [0.29, 0.717) is 35.9 Å². The fourth-order valence-electron chi connectivity index (χ4n) is 2.87. The number of ether oxygens (including phenoxy) is 1. The molecule has 1 heterocycles. The SMILES string of the molecule is NS(=O)(=O)c1ccc(CCNC(=O)c2cc(Cl)cc3c2OCCC3)cc1. The lowest BCUT2D eigenvalue weighted by molar-refractivity contribution is 0.0949. The third kappa shape index (κ3) is 4.35. The van der Waals surface area contributed by atoms with Gasteiger partial charge in [0.05, 0.1) is 17.1 Å². The topological polar surface area (TPSA) is 98.5 Å². The van der Waals surface area contributed by atoms with Gasteiger partial charge in [0.2, 0.25) is 10.0 Å². The molecular weight excluding hydrogens is 376 g/mol. The van der Waals surface area contributed by atoms with Crippen molar-refractivity contribution in [1.82, 2.24) is 5.32 Å². The Morgan fingerprint density at radius 2 is 1.96 bits per heavy atom. The lowest BCUT2D eigenvalue weighted by atomic mass is 10.0. The smallest absolute Gasteiger partial charge is 0.255 e. The van der Waals surface area contributed by atoms with Crippen molar-refractivity contribution in [2.24, 2.45) is 5.14 Å². The number of hydrogen-bond acceptors (Lipinski definition) is 4. The van der Waals surface area contributed by atoms with E-state index in [1.54, 1.807) is 18.2 Å². The summed E-state index contributed by atoms with van der Waals surface area (Å²) in [6, 6.07) is 9.70. The molecule has 1 aliphatic heterocycles. The molecule has 1 amide bonds. The summed E-state index contributed by atoms with van der Waals surface area (Å²) in [5.41, 5.74) is 2.28. The van der Waals surface area contributed by atoms with Crippen molar-refractivity contribution in [3.05, 3.63) is 58.1 Å². The quantitative estimate of drug-likeness (QED) is 0.812. The molecule has 6 nitrogen and oxygen atoms in total. The largest absolute Gasteiger partial charge is 0.492 e. The van der Waals surface area contributed by atoms with Crippen molar-refractivity contribution in [3.8, 4) is 5.75 Å². The number of primary sulfonamides is 1. The number of aryl methyl sites for hydroxylation is 1.